The van der Waals surface area contributed by atoms with E-state index in [0.717, 1.165) is 0 Å². The Hall–Kier alpha value is -2.95. The second-order valence-corrected chi connectivity index (χ2v) is 5.60. The van der Waals surface area contributed by atoms with Gasteiger partial charge in [-0.15, -0.1) is 0 Å². The number of rotatable bonds is 8. The molecule has 0 fully saturated rings. The predicted octanol–water partition coefficient (Wildman–Crippen LogP) is 3.40. The summed E-state index contributed by atoms with van der Waals surface area (Å²) in [6, 6.07) is 17.1. The summed E-state index contributed by atoms with van der Waals surface area (Å²) in [4.78, 5) is 38.4. The molecule has 0 heterocycles. The first-order valence-corrected chi connectivity index (χ1v) is 8.57. The largest absolute Gasteiger partial charge is 0.465 e. The molecule has 2 aromatic rings. The maximum atomic E-state index is 13.1. The Bertz CT molecular complexity index is 740. The van der Waals surface area contributed by atoms with Gasteiger partial charge in [-0.3, -0.25) is 14.4 Å². The summed E-state index contributed by atoms with van der Waals surface area (Å²) in [6.45, 7) is 3.60. The number of ether oxygens (including phenoxy) is 2. The zero-order valence-corrected chi connectivity index (χ0v) is 14.9. The van der Waals surface area contributed by atoms with E-state index in [1.807, 2.05) is 0 Å². The van der Waals surface area contributed by atoms with Crippen molar-refractivity contribution in [3.05, 3.63) is 71.8 Å². The fraction of sp³-hybridized carbons (Fsp3) is 0.286. The van der Waals surface area contributed by atoms with Crippen molar-refractivity contribution in [2.24, 2.45) is 5.92 Å². The lowest BCUT2D eigenvalue weighted by molar-refractivity contribution is -0.155. The summed E-state index contributed by atoms with van der Waals surface area (Å²) in [5.41, 5.74) is 0.879. The van der Waals surface area contributed by atoms with Crippen molar-refractivity contribution in [3.8, 4) is 0 Å². The van der Waals surface area contributed by atoms with Crippen molar-refractivity contribution in [3.63, 3.8) is 0 Å². The summed E-state index contributed by atoms with van der Waals surface area (Å²) in [7, 11) is 0. The minimum atomic E-state index is -1.31. The van der Waals surface area contributed by atoms with E-state index >= 15 is 0 Å². The molecule has 0 aliphatic heterocycles. The van der Waals surface area contributed by atoms with Gasteiger partial charge >= 0.3 is 11.9 Å². The highest BCUT2D eigenvalue weighted by Gasteiger charge is 2.42. The zero-order valence-electron chi connectivity index (χ0n) is 14.9. The van der Waals surface area contributed by atoms with Gasteiger partial charge in [0.25, 0.3) is 0 Å². The molecule has 2 aromatic carbocycles. The molecule has 0 radical (unpaired) electrons. The van der Waals surface area contributed by atoms with Crippen LogP contribution < -0.4 is 0 Å². The zero-order chi connectivity index (χ0) is 18.9. The number of carbonyl (C=O) groups excluding carboxylic acids is 3. The SMILES string of the molecule is CCOC(=O)[C@@H](C(=O)c1ccccc1)[C@@H](C(=O)OCC)c1ccccc1. The molecule has 0 spiro atoms. The van der Waals surface area contributed by atoms with Crippen molar-refractivity contribution in [1.82, 2.24) is 0 Å². The summed E-state index contributed by atoms with van der Waals surface area (Å²) < 4.78 is 10.3. The second kappa shape index (κ2) is 9.51. The Balaban J connectivity index is 2.52. The molecule has 0 unspecified atom stereocenters. The lowest BCUT2D eigenvalue weighted by Gasteiger charge is -2.23. The number of hydrogen-bond donors (Lipinski definition) is 0. The van der Waals surface area contributed by atoms with Crippen LogP contribution in [0.5, 0.6) is 0 Å². The van der Waals surface area contributed by atoms with Gasteiger partial charge < -0.3 is 9.47 Å². The molecular formula is C21H22O5. The second-order valence-electron chi connectivity index (χ2n) is 5.60. The summed E-state index contributed by atoms with van der Waals surface area (Å²) >= 11 is 0. The van der Waals surface area contributed by atoms with Crippen LogP contribution in [-0.4, -0.2) is 30.9 Å². The van der Waals surface area contributed by atoms with Gasteiger partial charge in [-0.2, -0.15) is 0 Å². The van der Waals surface area contributed by atoms with Crippen molar-refractivity contribution in [2.75, 3.05) is 13.2 Å². The fourth-order valence-corrected chi connectivity index (χ4v) is 2.77. The van der Waals surface area contributed by atoms with Crippen molar-refractivity contribution < 1.29 is 23.9 Å². The maximum Gasteiger partial charge on any atom is 0.318 e. The molecule has 2 atom stereocenters. The Morgan fingerprint density at radius 2 is 1.27 bits per heavy atom. The molecule has 0 aliphatic carbocycles. The lowest BCUT2D eigenvalue weighted by atomic mass is 9.81. The van der Waals surface area contributed by atoms with Crippen LogP contribution in [0.1, 0.15) is 35.7 Å². The predicted molar refractivity (Wildman–Crippen MR) is 96.7 cm³/mol. The molecule has 5 nitrogen and oxygen atoms in total. The van der Waals surface area contributed by atoms with Crippen LogP contribution in [0.4, 0.5) is 0 Å². The van der Waals surface area contributed by atoms with Crippen molar-refractivity contribution in [2.45, 2.75) is 19.8 Å². The smallest absolute Gasteiger partial charge is 0.318 e. The number of Topliss-reactive ketones (excluding diaryl/α,β-unsaturated/α-hetero) is 1. The minimum absolute atomic E-state index is 0.113. The van der Waals surface area contributed by atoms with Crippen molar-refractivity contribution >= 4 is 17.7 Å². The van der Waals surface area contributed by atoms with E-state index in [1.165, 1.54) is 0 Å². The monoisotopic (exact) mass is 354 g/mol. The standard InChI is InChI=1S/C21H22O5/c1-3-25-20(23)17(15-11-7-5-8-12-15)18(21(24)26-4-2)19(22)16-13-9-6-10-14-16/h5-14,17-18H,3-4H2,1-2H3/t17-,18+/m0/s1. The minimum Gasteiger partial charge on any atom is -0.465 e. The van der Waals surface area contributed by atoms with Crippen LogP contribution in [0.2, 0.25) is 0 Å². The van der Waals surface area contributed by atoms with E-state index in [2.05, 4.69) is 0 Å². The number of ketones is 1. The molecular weight excluding hydrogens is 332 g/mol. The van der Waals surface area contributed by atoms with E-state index in [0.29, 0.717) is 11.1 Å². The van der Waals surface area contributed by atoms with Gasteiger partial charge in [-0.05, 0) is 19.4 Å². The van der Waals surface area contributed by atoms with Gasteiger partial charge in [0.15, 0.2) is 5.78 Å². The molecule has 0 N–H and O–H groups in total. The summed E-state index contributed by atoms with van der Waals surface area (Å²) in [5.74, 6) is -4.20. The number of carbonyl (C=O) groups is 3. The van der Waals surface area contributed by atoms with Crippen LogP contribution in [-0.2, 0) is 19.1 Å². The third-order valence-corrected chi connectivity index (χ3v) is 3.91. The molecule has 2 rings (SSSR count). The van der Waals surface area contributed by atoms with Crippen molar-refractivity contribution in [1.29, 1.82) is 0 Å². The normalized spacial score (nSPS) is 12.7. The highest BCUT2D eigenvalue weighted by atomic mass is 16.5. The van der Waals surface area contributed by atoms with E-state index in [4.69, 9.17) is 9.47 Å². The quantitative estimate of drug-likeness (QED) is 0.413. The molecule has 0 amide bonds. The van der Waals surface area contributed by atoms with Crippen LogP contribution in [0.15, 0.2) is 60.7 Å². The number of hydrogen-bond acceptors (Lipinski definition) is 5. The molecule has 0 aliphatic rings. The summed E-state index contributed by atoms with van der Waals surface area (Å²) in [5, 5.41) is 0. The highest BCUT2D eigenvalue weighted by molar-refractivity contribution is 6.12. The maximum absolute atomic E-state index is 13.1. The van der Waals surface area contributed by atoms with Crippen LogP contribution in [0.25, 0.3) is 0 Å². The average molecular weight is 354 g/mol. The van der Waals surface area contributed by atoms with E-state index in [1.54, 1.807) is 74.5 Å². The Kier molecular flexibility index (Phi) is 7.09. The van der Waals surface area contributed by atoms with Crippen LogP contribution in [0, 0.1) is 5.92 Å². The third-order valence-electron chi connectivity index (χ3n) is 3.91. The van der Waals surface area contributed by atoms with Gasteiger partial charge in [0, 0.05) is 5.56 Å². The molecule has 0 bridgehead atoms. The first-order chi connectivity index (χ1) is 12.6. The molecule has 0 saturated heterocycles. The Morgan fingerprint density at radius 3 is 1.81 bits per heavy atom. The number of esters is 2. The van der Waals surface area contributed by atoms with E-state index in [9.17, 15) is 14.4 Å². The first-order valence-electron chi connectivity index (χ1n) is 8.57. The third kappa shape index (κ3) is 4.57. The van der Waals surface area contributed by atoms with Gasteiger partial charge in [-0.1, -0.05) is 60.7 Å². The van der Waals surface area contributed by atoms with Gasteiger partial charge in [-0.25, -0.2) is 0 Å². The molecule has 136 valence electrons. The lowest BCUT2D eigenvalue weighted by Crippen LogP contribution is -2.36. The Labute approximate surface area is 152 Å². The van der Waals surface area contributed by atoms with E-state index in [-0.39, 0.29) is 13.2 Å². The topological polar surface area (TPSA) is 69.7 Å². The molecule has 5 heteroatoms. The van der Waals surface area contributed by atoms with Gasteiger partial charge in [0.2, 0.25) is 0 Å². The van der Waals surface area contributed by atoms with E-state index < -0.39 is 29.6 Å². The average Bonchev–Trinajstić information content (AvgIpc) is 2.67. The van der Waals surface area contributed by atoms with Crippen LogP contribution >= 0.6 is 0 Å². The first kappa shape index (κ1) is 19.4. The number of benzene rings is 2. The Morgan fingerprint density at radius 1 is 0.769 bits per heavy atom. The fourth-order valence-electron chi connectivity index (χ4n) is 2.77. The summed E-state index contributed by atoms with van der Waals surface area (Å²) in [6.07, 6.45) is 0. The molecule has 26 heavy (non-hydrogen) atoms. The molecule has 0 saturated carbocycles. The highest BCUT2D eigenvalue weighted by Crippen LogP contribution is 2.30. The van der Waals surface area contributed by atoms with Gasteiger partial charge in [0.05, 0.1) is 13.2 Å². The molecule has 0 aromatic heterocycles. The van der Waals surface area contributed by atoms with Gasteiger partial charge in [0.1, 0.15) is 11.8 Å². The van der Waals surface area contributed by atoms with Crippen LogP contribution in [0.3, 0.4) is 0 Å².